The van der Waals surface area contributed by atoms with Crippen molar-refractivity contribution in [1.29, 1.82) is 0 Å². The number of hydrogen-bond donors (Lipinski definition) is 2. The molecule has 1 atom stereocenters. The molecule has 0 aromatic rings. The summed E-state index contributed by atoms with van der Waals surface area (Å²) in [5, 5.41) is 17.2. The van der Waals surface area contributed by atoms with E-state index in [1.54, 1.807) is 4.90 Å². The Bertz CT molecular complexity index is 347. The van der Waals surface area contributed by atoms with Gasteiger partial charge < -0.3 is 15.1 Å². The molecule has 1 heterocycles. The summed E-state index contributed by atoms with van der Waals surface area (Å²) in [6, 6.07) is -0.0113. The maximum atomic E-state index is 12.0. The highest BCUT2D eigenvalue weighted by Gasteiger charge is 2.26. The molecule has 1 fully saturated rings. The number of hydrogen-bond acceptors (Lipinski definition) is 4. The monoisotopic (exact) mass is 289 g/mol. The Balaban J connectivity index is 2.43. The van der Waals surface area contributed by atoms with Crippen LogP contribution in [-0.4, -0.2) is 57.1 Å². The van der Waals surface area contributed by atoms with Gasteiger partial charge in [-0.15, -0.1) is 11.8 Å². The second kappa shape index (κ2) is 8.04. The predicted molar refractivity (Wildman–Crippen MR) is 71.2 cm³/mol. The highest BCUT2D eigenvalue weighted by atomic mass is 32.2. The summed E-state index contributed by atoms with van der Waals surface area (Å²) in [5.41, 5.74) is 0. The summed E-state index contributed by atoms with van der Waals surface area (Å²) in [7, 11) is 0. The molecule has 7 heteroatoms. The molecular formula is C12H19NO5S. The van der Waals surface area contributed by atoms with Crippen LogP contribution in [0.2, 0.25) is 0 Å². The van der Waals surface area contributed by atoms with Gasteiger partial charge in [0.15, 0.2) is 0 Å². The van der Waals surface area contributed by atoms with Crippen molar-refractivity contribution in [3.63, 3.8) is 0 Å². The van der Waals surface area contributed by atoms with Gasteiger partial charge in [-0.3, -0.25) is 14.4 Å². The van der Waals surface area contributed by atoms with Gasteiger partial charge in [-0.05, 0) is 25.7 Å². The Labute approximate surface area is 116 Å². The lowest BCUT2D eigenvalue weighted by Gasteiger charge is -2.35. The number of carbonyl (C=O) groups is 3. The zero-order chi connectivity index (χ0) is 14.3. The Hall–Kier alpha value is -1.24. The smallest absolute Gasteiger partial charge is 0.313 e. The minimum absolute atomic E-state index is 0.0113. The number of rotatable bonds is 7. The number of piperidine rings is 1. The number of nitrogens with zero attached hydrogens (tertiary/aromatic N) is 1. The Kier molecular flexibility index (Phi) is 6.69. The molecule has 0 bridgehead atoms. The van der Waals surface area contributed by atoms with Gasteiger partial charge in [-0.1, -0.05) is 0 Å². The van der Waals surface area contributed by atoms with E-state index < -0.39 is 11.9 Å². The van der Waals surface area contributed by atoms with E-state index in [1.807, 2.05) is 0 Å². The fraction of sp³-hybridized carbons (Fsp3) is 0.750. The molecule has 1 unspecified atom stereocenters. The second-order valence-electron chi connectivity index (χ2n) is 4.56. The minimum Gasteiger partial charge on any atom is -0.481 e. The summed E-state index contributed by atoms with van der Waals surface area (Å²) in [6.45, 7) is 0.650. The van der Waals surface area contributed by atoms with Gasteiger partial charge in [0, 0.05) is 19.0 Å². The summed E-state index contributed by atoms with van der Waals surface area (Å²) in [5.74, 6) is -1.80. The van der Waals surface area contributed by atoms with Crippen LogP contribution in [0, 0.1) is 0 Å². The van der Waals surface area contributed by atoms with Crippen LogP contribution < -0.4 is 0 Å². The Morgan fingerprint density at radius 2 is 1.84 bits per heavy atom. The first-order valence-corrected chi connectivity index (χ1v) is 7.47. The third-order valence-electron chi connectivity index (χ3n) is 3.09. The molecule has 1 amide bonds. The largest absolute Gasteiger partial charge is 0.481 e. The maximum absolute atomic E-state index is 12.0. The zero-order valence-electron chi connectivity index (χ0n) is 10.7. The molecule has 6 nitrogen and oxygen atoms in total. The van der Waals surface area contributed by atoms with Crippen LogP contribution in [0.5, 0.6) is 0 Å². The molecule has 2 N–H and O–H groups in total. The molecule has 108 valence electrons. The lowest BCUT2D eigenvalue weighted by Crippen LogP contribution is -2.44. The summed E-state index contributed by atoms with van der Waals surface area (Å²) in [4.78, 5) is 34.7. The number of amides is 1. The second-order valence-corrected chi connectivity index (χ2v) is 5.54. The van der Waals surface area contributed by atoms with E-state index in [9.17, 15) is 14.4 Å². The molecule has 0 aromatic heterocycles. The first-order chi connectivity index (χ1) is 9.00. The minimum atomic E-state index is -0.932. The van der Waals surface area contributed by atoms with Crippen molar-refractivity contribution in [2.75, 3.05) is 18.1 Å². The number of likely N-dealkylation sites (tertiary alicyclic amines) is 1. The summed E-state index contributed by atoms with van der Waals surface area (Å²) < 4.78 is 0. The summed E-state index contributed by atoms with van der Waals surface area (Å²) >= 11 is 1.08. The fourth-order valence-electron chi connectivity index (χ4n) is 2.23. The molecular weight excluding hydrogens is 270 g/mol. The van der Waals surface area contributed by atoms with Crippen molar-refractivity contribution < 1.29 is 24.6 Å². The predicted octanol–water partition coefficient (Wildman–Crippen LogP) is 1.05. The van der Waals surface area contributed by atoms with Gasteiger partial charge in [0.25, 0.3) is 0 Å². The topological polar surface area (TPSA) is 94.9 Å². The molecule has 1 aliphatic heterocycles. The highest BCUT2D eigenvalue weighted by Crippen LogP contribution is 2.22. The van der Waals surface area contributed by atoms with Gasteiger partial charge in [0.2, 0.25) is 5.91 Å². The quantitative estimate of drug-likeness (QED) is 0.727. The van der Waals surface area contributed by atoms with Crippen molar-refractivity contribution in [2.45, 2.75) is 38.1 Å². The Morgan fingerprint density at radius 3 is 2.47 bits per heavy atom. The van der Waals surface area contributed by atoms with Crippen LogP contribution in [-0.2, 0) is 14.4 Å². The van der Waals surface area contributed by atoms with E-state index in [1.165, 1.54) is 0 Å². The van der Waals surface area contributed by atoms with Crippen molar-refractivity contribution in [3.05, 3.63) is 0 Å². The lowest BCUT2D eigenvalue weighted by molar-refractivity contribution is -0.139. The van der Waals surface area contributed by atoms with Crippen LogP contribution in [0.15, 0.2) is 0 Å². The van der Waals surface area contributed by atoms with E-state index in [4.69, 9.17) is 10.2 Å². The first-order valence-electron chi connectivity index (χ1n) is 6.31. The van der Waals surface area contributed by atoms with Crippen LogP contribution in [0.4, 0.5) is 0 Å². The van der Waals surface area contributed by atoms with E-state index in [0.717, 1.165) is 31.0 Å². The SMILES string of the molecule is O=C(O)CCC1CCCCN1C(=O)CSCC(=O)O. The van der Waals surface area contributed by atoms with Crippen LogP contribution >= 0.6 is 11.8 Å². The zero-order valence-corrected chi connectivity index (χ0v) is 11.5. The molecule has 0 aliphatic carbocycles. The van der Waals surface area contributed by atoms with Gasteiger partial charge in [-0.2, -0.15) is 0 Å². The van der Waals surface area contributed by atoms with Crippen molar-refractivity contribution in [2.24, 2.45) is 0 Å². The molecule has 1 aliphatic rings. The van der Waals surface area contributed by atoms with Crippen molar-refractivity contribution >= 4 is 29.6 Å². The standard InChI is InChI=1S/C12H19NO5S/c14-10(7-19-8-12(17)18)13-6-2-1-3-9(13)4-5-11(15)16/h9H,1-8H2,(H,15,16)(H,17,18). The number of carboxylic acid groups (broad SMARTS) is 2. The van der Waals surface area contributed by atoms with Crippen LogP contribution in [0.25, 0.3) is 0 Å². The maximum Gasteiger partial charge on any atom is 0.313 e. The number of thioether (sulfide) groups is 1. The van der Waals surface area contributed by atoms with Gasteiger partial charge in [0.1, 0.15) is 0 Å². The molecule has 0 saturated carbocycles. The van der Waals surface area contributed by atoms with Crippen molar-refractivity contribution in [3.8, 4) is 0 Å². The molecule has 0 spiro atoms. The number of carboxylic acids is 2. The average Bonchev–Trinajstić information content (AvgIpc) is 2.36. The Morgan fingerprint density at radius 1 is 1.11 bits per heavy atom. The molecule has 1 saturated heterocycles. The third kappa shape index (κ3) is 5.96. The van der Waals surface area contributed by atoms with Gasteiger partial charge in [0.05, 0.1) is 11.5 Å². The first kappa shape index (κ1) is 15.8. The van der Waals surface area contributed by atoms with Crippen LogP contribution in [0.1, 0.15) is 32.1 Å². The normalized spacial score (nSPS) is 19.2. The molecule has 0 radical (unpaired) electrons. The average molecular weight is 289 g/mol. The lowest BCUT2D eigenvalue weighted by atomic mass is 9.98. The molecule has 1 rings (SSSR count). The van der Waals surface area contributed by atoms with E-state index in [0.29, 0.717) is 13.0 Å². The molecule has 19 heavy (non-hydrogen) atoms. The van der Waals surface area contributed by atoms with Crippen molar-refractivity contribution in [1.82, 2.24) is 4.90 Å². The third-order valence-corrected chi connectivity index (χ3v) is 3.99. The number of carbonyl (C=O) groups excluding carboxylic acids is 1. The van der Waals surface area contributed by atoms with E-state index in [2.05, 4.69) is 0 Å². The number of aliphatic carboxylic acids is 2. The highest BCUT2D eigenvalue weighted by molar-refractivity contribution is 8.00. The summed E-state index contributed by atoms with van der Waals surface area (Å²) in [6.07, 6.45) is 3.32. The van der Waals surface area contributed by atoms with E-state index >= 15 is 0 Å². The van der Waals surface area contributed by atoms with Gasteiger partial charge >= 0.3 is 11.9 Å². The van der Waals surface area contributed by atoms with Crippen LogP contribution in [0.3, 0.4) is 0 Å². The molecule has 0 aromatic carbocycles. The van der Waals surface area contributed by atoms with Gasteiger partial charge in [-0.25, -0.2) is 0 Å². The fourth-order valence-corrected chi connectivity index (χ4v) is 2.84. The van der Waals surface area contributed by atoms with E-state index in [-0.39, 0.29) is 29.9 Å².